The van der Waals surface area contributed by atoms with Crippen LogP contribution in [0.4, 0.5) is 0 Å². The Bertz CT molecular complexity index is 537. The Morgan fingerprint density at radius 2 is 2.16 bits per heavy atom. The molecule has 0 spiro atoms. The molecule has 1 N–H and O–H groups in total. The summed E-state index contributed by atoms with van der Waals surface area (Å²) in [6, 6.07) is 2.43. The van der Waals surface area contributed by atoms with Crippen LogP contribution in [-0.2, 0) is 14.8 Å². The summed E-state index contributed by atoms with van der Waals surface area (Å²) in [5, 5.41) is -0.286. The lowest BCUT2D eigenvalue weighted by Crippen LogP contribution is -2.37. The maximum atomic E-state index is 12.1. The Hall–Kier alpha value is -1.38. The van der Waals surface area contributed by atoms with Crippen molar-refractivity contribution in [2.45, 2.75) is 18.1 Å². The molecule has 0 aliphatic heterocycles. The average molecular weight is 290 g/mol. The lowest BCUT2D eigenvalue weighted by molar-refractivity contribution is 0.0598. The predicted octanol–water partition coefficient (Wildman–Crippen LogP) is 0.295. The van der Waals surface area contributed by atoms with Crippen LogP contribution in [0.3, 0.4) is 0 Å². The van der Waals surface area contributed by atoms with Gasteiger partial charge >= 0.3 is 0 Å². The number of rotatable bonds is 6. The van der Waals surface area contributed by atoms with Crippen LogP contribution < -0.4 is 4.72 Å². The third-order valence-corrected chi connectivity index (χ3v) is 4.00. The molecule has 0 aliphatic carbocycles. The van der Waals surface area contributed by atoms with Gasteiger partial charge < -0.3 is 14.1 Å². The van der Waals surface area contributed by atoms with Crippen molar-refractivity contribution in [2.24, 2.45) is 0 Å². The largest absolute Gasteiger partial charge is 0.438 e. The summed E-state index contributed by atoms with van der Waals surface area (Å²) in [6.07, 6.45) is 0. The molecule has 0 aliphatic rings. The summed E-state index contributed by atoms with van der Waals surface area (Å²) in [6.45, 7) is 2.19. The van der Waals surface area contributed by atoms with Gasteiger partial charge in [0.05, 0.1) is 12.6 Å². The van der Waals surface area contributed by atoms with Crippen molar-refractivity contribution in [3.05, 3.63) is 17.9 Å². The maximum Gasteiger partial charge on any atom is 0.289 e. The third-order valence-electron chi connectivity index (χ3n) is 2.72. The lowest BCUT2D eigenvalue weighted by Gasteiger charge is -2.23. The Balaban J connectivity index is 2.90. The highest BCUT2D eigenvalue weighted by Gasteiger charge is 2.23. The minimum Gasteiger partial charge on any atom is -0.438 e. The fourth-order valence-electron chi connectivity index (χ4n) is 1.41. The number of nitrogens with zero attached hydrogens (tertiary/aromatic N) is 1. The topological polar surface area (TPSA) is 88.9 Å². The van der Waals surface area contributed by atoms with Gasteiger partial charge in [0.2, 0.25) is 5.09 Å². The number of likely N-dealkylation sites (N-methyl/N-ethyl adjacent to an activating group) is 1. The predicted molar refractivity (Wildman–Crippen MR) is 68.4 cm³/mol. The molecule has 108 valence electrons. The second kappa shape index (κ2) is 6.18. The normalized spacial score (nSPS) is 13.3. The van der Waals surface area contributed by atoms with Gasteiger partial charge in [0.25, 0.3) is 15.9 Å². The van der Waals surface area contributed by atoms with E-state index in [-0.39, 0.29) is 16.9 Å². The highest BCUT2D eigenvalue weighted by molar-refractivity contribution is 7.89. The molecule has 1 heterocycles. The molecular formula is C11H18N2O5S. The zero-order valence-corrected chi connectivity index (χ0v) is 12.2. The molecule has 1 unspecified atom stereocenters. The molecule has 0 radical (unpaired) electrons. The Morgan fingerprint density at radius 3 is 2.68 bits per heavy atom. The van der Waals surface area contributed by atoms with Crippen LogP contribution in [0.5, 0.6) is 0 Å². The minimum atomic E-state index is -3.68. The summed E-state index contributed by atoms with van der Waals surface area (Å²) in [7, 11) is 0.730. The molecule has 1 amide bonds. The van der Waals surface area contributed by atoms with Crippen LogP contribution in [0.1, 0.15) is 17.5 Å². The highest BCUT2D eigenvalue weighted by Crippen LogP contribution is 2.15. The van der Waals surface area contributed by atoms with Crippen LogP contribution in [0.2, 0.25) is 0 Å². The molecule has 7 nitrogen and oxygen atoms in total. The number of hydrogen-bond acceptors (Lipinski definition) is 5. The van der Waals surface area contributed by atoms with E-state index >= 15 is 0 Å². The number of furan rings is 1. The van der Waals surface area contributed by atoms with Crippen LogP contribution >= 0.6 is 0 Å². The zero-order chi connectivity index (χ0) is 14.6. The minimum absolute atomic E-state index is 0.0284. The van der Waals surface area contributed by atoms with Crippen molar-refractivity contribution in [2.75, 3.05) is 27.8 Å². The highest BCUT2D eigenvalue weighted by atomic mass is 32.2. The Labute approximate surface area is 112 Å². The van der Waals surface area contributed by atoms with Crippen molar-refractivity contribution in [3.63, 3.8) is 0 Å². The SMILES string of the molecule is CNS(=O)(=O)c1ccc(C(=O)N(C)C(C)COC)o1. The van der Waals surface area contributed by atoms with Gasteiger partial charge in [-0.2, -0.15) is 0 Å². The number of carbonyl (C=O) groups is 1. The number of amides is 1. The quantitative estimate of drug-likeness (QED) is 0.813. The van der Waals surface area contributed by atoms with E-state index in [0.29, 0.717) is 6.61 Å². The average Bonchev–Trinajstić information content (AvgIpc) is 2.87. The molecule has 19 heavy (non-hydrogen) atoms. The first kappa shape index (κ1) is 15.7. The van der Waals surface area contributed by atoms with Crippen LogP contribution in [0.15, 0.2) is 21.6 Å². The van der Waals surface area contributed by atoms with Crippen molar-refractivity contribution in [3.8, 4) is 0 Å². The van der Waals surface area contributed by atoms with Crippen LogP contribution in [0.25, 0.3) is 0 Å². The van der Waals surface area contributed by atoms with Gasteiger partial charge in [0.1, 0.15) is 0 Å². The second-order valence-electron chi connectivity index (χ2n) is 4.05. The zero-order valence-electron chi connectivity index (χ0n) is 11.3. The first-order valence-corrected chi connectivity index (χ1v) is 7.11. The number of carbonyl (C=O) groups excluding carboxylic acids is 1. The summed E-state index contributed by atoms with van der Waals surface area (Å²) in [4.78, 5) is 13.5. The van der Waals surface area contributed by atoms with Crippen molar-refractivity contribution >= 4 is 15.9 Å². The molecule has 0 bridgehead atoms. The number of nitrogens with one attached hydrogen (secondary N) is 1. The molecule has 1 rings (SSSR count). The smallest absolute Gasteiger partial charge is 0.289 e. The molecule has 0 saturated carbocycles. The van der Waals surface area contributed by atoms with Crippen molar-refractivity contribution < 1.29 is 22.4 Å². The third kappa shape index (κ3) is 3.55. The molecule has 0 aromatic carbocycles. The van der Waals surface area contributed by atoms with Gasteiger partial charge in [-0.25, -0.2) is 13.1 Å². The van der Waals surface area contributed by atoms with Gasteiger partial charge in [0.15, 0.2) is 5.76 Å². The molecule has 0 fully saturated rings. The summed E-state index contributed by atoms with van der Waals surface area (Å²) in [5.74, 6) is -0.429. The van der Waals surface area contributed by atoms with Gasteiger partial charge in [-0.1, -0.05) is 0 Å². The molecule has 0 saturated heterocycles. The number of sulfonamides is 1. The maximum absolute atomic E-state index is 12.1. The fourth-order valence-corrected chi connectivity index (χ4v) is 2.05. The molecule has 8 heteroatoms. The lowest BCUT2D eigenvalue weighted by atomic mass is 10.3. The van der Waals surface area contributed by atoms with Crippen molar-refractivity contribution in [1.82, 2.24) is 9.62 Å². The van der Waals surface area contributed by atoms with Gasteiger partial charge in [0, 0.05) is 14.2 Å². The van der Waals surface area contributed by atoms with Gasteiger partial charge in [-0.3, -0.25) is 4.79 Å². The molecule has 1 aromatic rings. The standard InChI is InChI=1S/C11H18N2O5S/c1-8(7-17-4)13(3)11(14)9-5-6-10(18-9)19(15,16)12-2/h5-6,8,12H,7H2,1-4H3. The Morgan fingerprint density at radius 1 is 1.53 bits per heavy atom. The van der Waals surface area contributed by atoms with E-state index in [4.69, 9.17) is 9.15 Å². The van der Waals surface area contributed by atoms with E-state index in [1.165, 1.54) is 24.1 Å². The number of hydrogen-bond donors (Lipinski definition) is 1. The van der Waals surface area contributed by atoms with E-state index in [0.717, 1.165) is 0 Å². The van der Waals surface area contributed by atoms with E-state index in [9.17, 15) is 13.2 Å². The summed E-state index contributed by atoms with van der Waals surface area (Å²) < 4.78 is 35.1. The molecule has 1 atom stereocenters. The molecule has 1 aromatic heterocycles. The van der Waals surface area contributed by atoms with E-state index in [1.807, 2.05) is 6.92 Å². The Kier molecular flexibility index (Phi) is 5.10. The van der Waals surface area contributed by atoms with Crippen molar-refractivity contribution in [1.29, 1.82) is 0 Å². The number of ether oxygens (including phenoxy) is 1. The fraction of sp³-hybridized carbons (Fsp3) is 0.545. The summed E-state index contributed by atoms with van der Waals surface area (Å²) >= 11 is 0. The summed E-state index contributed by atoms with van der Waals surface area (Å²) in [5.41, 5.74) is 0. The first-order chi connectivity index (χ1) is 8.83. The monoisotopic (exact) mass is 290 g/mol. The number of methoxy groups -OCH3 is 1. The van der Waals surface area contributed by atoms with E-state index in [1.54, 1.807) is 14.2 Å². The second-order valence-corrected chi connectivity index (χ2v) is 5.86. The molecular weight excluding hydrogens is 272 g/mol. The van der Waals surface area contributed by atoms with Gasteiger partial charge in [-0.15, -0.1) is 0 Å². The van der Waals surface area contributed by atoms with E-state index in [2.05, 4.69) is 4.72 Å². The first-order valence-electron chi connectivity index (χ1n) is 5.63. The van der Waals surface area contributed by atoms with Crippen LogP contribution in [0, 0.1) is 0 Å². The van der Waals surface area contributed by atoms with Crippen LogP contribution in [-0.4, -0.2) is 53.1 Å². The van der Waals surface area contributed by atoms with Gasteiger partial charge in [-0.05, 0) is 26.1 Å². The van der Waals surface area contributed by atoms with E-state index < -0.39 is 15.9 Å².